The molecule has 2 aromatic heterocycles. The Morgan fingerprint density at radius 3 is 2.41 bits per heavy atom. The smallest absolute Gasteiger partial charge is 0.262 e. The summed E-state index contributed by atoms with van der Waals surface area (Å²) in [5, 5.41) is 14.7. The van der Waals surface area contributed by atoms with E-state index in [9.17, 15) is 19.2 Å². The molecule has 2 saturated heterocycles. The summed E-state index contributed by atoms with van der Waals surface area (Å²) in [6, 6.07) is 17.2. The third-order valence-electron chi connectivity index (χ3n) is 11.8. The third kappa shape index (κ3) is 6.53. The van der Waals surface area contributed by atoms with Crippen molar-refractivity contribution in [2.75, 3.05) is 41.7 Å². The number of amides is 4. The number of carbonyl (C=O) groups excluding carboxylic acids is 4. The fourth-order valence-corrected chi connectivity index (χ4v) is 8.69. The highest BCUT2D eigenvalue weighted by Crippen LogP contribution is 2.34. The van der Waals surface area contributed by atoms with Gasteiger partial charge in [0.05, 0.1) is 16.5 Å². The third-order valence-corrected chi connectivity index (χ3v) is 11.8. The van der Waals surface area contributed by atoms with Crippen molar-refractivity contribution < 1.29 is 19.2 Å². The Hall–Kier alpha value is -6.15. The molecular formula is C42H44N10O4. The Kier molecular flexibility index (Phi) is 8.99. The number of anilines is 5. The van der Waals surface area contributed by atoms with E-state index in [0.29, 0.717) is 23.0 Å². The Labute approximate surface area is 324 Å². The SMILES string of the molecule is Cc1cccc(C)c1Nc1nn(C)c2nc(Nc3ccc4c(c3)CN(CC3CCN(c5ccc6c(c5)C(=O)N(C5CCC(=O)NC5=O)C6=O)CC3)CC4)ncc12. The van der Waals surface area contributed by atoms with Crippen LogP contribution in [0.4, 0.5) is 28.8 Å². The Morgan fingerprint density at radius 1 is 0.839 bits per heavy atom. The van der Waals surface area contributed by atoms with E-state index in [-0.39, 0.29) is 18.7 Å². The molecule has 3 N–H and O–H groups in total. The Balaban J connectivity index is 0.811. The topological polar surface area (TPSA) is 158 Å². The maximum Gasteiger partial charge on any atom is 0.262 e. The molecule has 1 atom stereocenters. The van der Waals surface area contributed by atoms with Crippen molar-refractivity contribution in [3.8, 4) is 0 Å². The molecule has 14 heteroatoms. The average Bonchev–Trinajstić information content (AvgIpc) is 3.63. The maximum atomic E-state index is 13.4. The monoisotopic (exact) mass is 752 g/mol. The lowest BCUT2D eigenvalue weighted by atomic mass is 9.93. The molecule has 2 fully saturated rings. The van der Waals surface area contributed by atoms with Gasteiger partial charge in [0.15, 0.2) is 11.5 Å². The molecule has 9 rings (SSSR count). The van der Waals surface area contributed by atoms with Gasteiger partial charge in [0, 0.05) is 69.5 Å². The number of para-hydroxylation sites is 1. The predicted molar refractivity (Wildman–Crippen MR) is 212 cm³/mol. The molecule has 4 aliphatic rings. The van der Waals surface area contributed by atoms with Crippen molar-refractivity contribution in [1.29, 1.82) is 0 Å². The largest absolute Gasteiger partial charge is 0.371 e. The second-order valence-electron chi connectivity index (χ2n) is 15.5. The minimum Gasteiger partial charge on any atom is -0.371 e. The van der Waals surface area contributed by atoms with Crippen molar-refractivity contribution in [3.05, 3.63) is 94.2 Å². The molecule has 14 nitrogen and oxygen atoms in total. The van der Waals surface area contributed by atoms with Gasteiger partial charge >= 0.3 is 0 Å². The van der Waals surface area contributed by atoms with E-state index in [0.717, 1.165) is 102 Å². The van der Waals surface area contributed by atoms with E-state index in [1.54, 1.807) is 16.8 Å². The van der Waals surface area contributed by atoms with Gasteiger partial charge in [0.1, 0.15) is 6.04 Å². The first kappa shape index (κ1) is 35.5. The standard InChI is InChI=1S/C42H44N10O4/c1-24-5-4-6-25(2)36(24)46-37-33-21-43-42(47-38(33)49(3)48-37)44-29-8-7-27-15-16-50(23-28(27)19-29)22-26-13-17-51(18-14-26)30-9-10-31-32(20-30)41(56)52(40(31)55)34-11-12-35(53)45-39(34)54/h4-10,19-21,26,34H,11-18,22-23H2,1-3H3,(H,46,48)(H,43,44,47)(H,45,53,54). The highest BCUT2D eigenvalue weighted by Gasteiger charge is 2.45. The Morgan fingerprint density at radius 2 is 1.62 bits per heavy atom. The number of rotatable bonds is 8. The molecule has 0 saturated carbocycles. The van der Waals surface area contributed by atoms with Crippen LogP contribution in [-0.2, 0) is 29.6 Å². The normalized spacial score (nSPS) is 19.0. The summed E-state index contributed by atoms with van der Waals surface area (Å²) < 4.78 is 1.78. The van der Waals surface area contributed by atoms with Crippen LogP contribution in [0.3, 0.4) is 0 Å². The number of fused-ring (bicyclic) bond motifs is 3. The molecule has 1 unspecified atom stereocenters. The van der Waals surface area contributed by atoms with Gasteiger partial charge in [-0.05, 0) is 98.0 Å². The summed E-state index contributed by atoms with van der Waals surface area (Å²) in [4.78, 5) is 66.0. The molecule has 56 heavy (non-hydrogen) atoms. The first-order chi connectivity index (χ1) is 27.1. The second-order valence-corrected chi connectivity index (χ2v) is 15.5. The summed E-state index contributed by atoms with van der Waals surface area (Å²) in [5.41, 5.74) is 9.23. The van der Waals surface area contributed by atoms with Crippen LogP contribution in [-0.4, -0.2) is 85.4 Å². The first-order valence-electron chi connectivity index (χ1n) is 19.3. The molecule has 0 spiro atoms. The number of benzene rings is 3. The van der Waals surface area contributed by atoms with Crippen LogP contribution in [0.5, 0.6) is 0 Å². The van der Waals surface area contributed by atoms with E-state index < -0.39 is 23.8 Å². The summed E-state index contributed by atoms with van der Waals surface area (Å²) >= 11 is 0. The molecule has 0 aliphatic carbocycles. The molecule has 4 aliphatic heterocycles. The summed E-state index contributed by atoms with van der Waals surface area (Å²) in [5.74, 6) is -0.152. The number of carbonyl (C=O) groups is 4. The van der Waals surface area contributed by atoms with Gasteiger partial charge < -0.3 is 15.5 Å². The van der Waals surface area contributed by atoms with Gasteiger partial charge in [0.25, 0.3) is 11.8 Å². The first-order valence-corrected chi connectivity index (χ1v) is 19.3. The molecule has 286 valence electrons. The molecule has 3 aromatic carbocycles. The Bertz CT molecular complexity index is 2410. The molecular weight excluding hydrogens is 709 g/mol. The highest BCUT2D eigenvalue weighted by molar-refractivity contribution is 6.23. The van der Waals surface area contributed by atoms with Crippen molar-refractivity contribution in [1.82, 2.24) is 34.9 Å². The van der Waals surface area contributed by atoms with Crippen LogP contribution >= 0.6 is 0 Å². The summed E-state index contributed by atoms with van der Waals surface area (Å²) in [7, 11) is 1.89. The highest BCUT2D eigenvalue weighted by atomic mass is 16.2. The lowest BCUT2D eigenvalue weighted by Crippen LogP contribution is -2.54. The average molecular weight is 753 g/mol. The van der Waals surface area contributed by atoms with Crippen molar-refractivity contribution in [2.24, 2.45) is 13.0 Å². The summed E-state index contributed by atoms with van der Waals surface area (Å²) in [6.07, 6.45) is 5.10. The van der Waals surface area contributed by atoms with Gasteiger partial charge in [0.2, 0.25) is 17.8 Å². The summed E-state index contributed by atoms with van der Waals surface area (Å²) in [6.45, 7) is 8.78. The number of hydrogen-bond acceptors (Lipinski definition) is 11. The molecule has 0 bridgehead atoms. The minimum atomic E-state index is -0.966. The van der Waals surface area contributed by atoms with Crippen LogP contribution in [0.15, 0.2) is 60.8 Å². The number of nitrogens with zero attached hydrogens (tertiary/aromatic N) is 7. The van der Waals surface area contributed by atoms with Crippen LogP contribution in [0.1, 0.15) is 68.7 Å². The minimum absolute atomic E-state index is 0.0982. The van der Waals surface area contributed by atoms with Crippen LogP contribution in [0, 0.1) is 19.8 Å². The van der Waals surface area contributed by atoms with Crippen molar-refractivity contribution >= 4 is 63.5 Å². The van der Waals surface area contributed by atoms with Gasteiger partial charge in [-0.1, -0.05) is 24.3 Å². The molecule has 5 aromatic rings. The quantitative estimate of drug-likeness (QED) is 0.180. The number of aromatic nitrogens is 4. The number of imide groups is 2. The predicted octanol–water partition coefficient (Wildman–Crippen LogP) is 5.14. The van der Waals surface area contributed by atoms with E-state index in [4.69, 9.17) is 10.1 Å². The van der Waals surface area contributed by atoms with E-state index in [1.807, 2.05) is 19.3 Å². The second kappa shape index (κ2) is 14.2. The van der Waals surface area contributed by atoms with E-state index in [1.165, 1.54) is 11.1 Å². The molecule has 0 radical (unpaired) electrons. The molecule has 6 heterocycles. The number of piperidine rings is 2. The van der Waals surface area contributed by atoms with Crippen LogP contribution in [0.2, 0.25) is 0 Å². The fourth-order valence-electron chi connectivity index (χ4n) is 8.69. The fraction of sp³-hybridized carbons (Fsp3) is 0.357. The number of hydrogen-bond donors (Lipinski definition) is 3. The van der Waals surface area contributed by atoms with Gasteiger partial charge in [-0.25, -0.2) is 9.67 Å². The number of nitrogens with one attached hydrogen (secondary N) is 3. The molecule has 4 amide bonds. The lowest BCUT2D eigenvalue weighted by Gasteiger charge is -2.37. The maximum absolute atomic E-state index is 13.4. The zero-order valence-electron chi connectivity index (χ0n) is 31.8. The van der Waals surface area contributed by atoms with Gasteiger partial charge in [-0.3, -0.25) is 34.3 Å². The van der Waals surface area contributed by atoms with Gasteiger partial charge in [-0.2, -0.15) is 10.1 Å². The zero-order chi connectivity index (χ0) is 38.7. The van der Waals surface area contributed by atoms with Crippen LogP contribution in [0.25, 0.3) is 11.0 Å². The van der Waals surface area contributed by atoms with Crippen molar-refractivity contribution in [3.63, 3.8) is 0 Å². The number of aryl methyl sites for hydroxylation is 3. The van der Waals surface area contributed by atoms with Gasteiger partial charge in [-0.15, -0.1) is 0 Å². The van der Waals surface area contributed by atoms with Crippen LogP contribution < -0.4 is 20.9 Å². The van der Waals surface area contributed by atoms with E-state index >= 15 is 0 Å². The zero-order valence-corrected chi connectivity index (χ0v) is 31.8. The van der Waals surface area contributed by atoms with Crippen molar-refractivity contribution in [2.45, 2.75) is 58.5 Å². The lowest BCUT2D eigenvalue weighted by molar-refractivity contribution is -0.136. The van der Waals surface area contributed by atoms with E-state index in [2.05, 4.69) is 81.0 Å².